The molecule has 0 radical (unpaired) electrons. The van der Waals surface area contributed by atoms with Gasteiger partial charge in [0, 0.05) is 31.0 Å². The van der Waals surface area contributed by atoms with Crippen LogP contribution in [0.5, 0.6) is 0 Å². The van der Waals surface area contributed by atoms with E-state index in [-0.39, 0.29) is 17.7 Å². The Labute approximate surface area is 113 Å². The van der Waals surface area contributed by atoms with Crippen molar-refractivity contribution >= 4 is 17.5 Å². The first-order valence-electron chi connectivity index (χ1n) is 6.66. The fourth-order valence-corrected chi connectivity index (χ4v) is 2.52. The van der Waals surface area contributed by atoms with E-state index < -0.39 is 0 Å². The van der Waals surface area contributed by atoms with Crippen LogP contribution in [0.4, 0.5) is 5.69 Å². The third-order valence-corrected chi connectivity index (χ3v) is 3.43. The zero-order chi connectivity index (χ0) is 14.0. The second kappa shape index (κ2) is 5.43. The molecule has 4 nitrogen and oxygen atoms in total. The summed E-state index contributed by atoms with van der Waals surface area (Å²) in [6.45, 7) is 4.51. The largest absolute Gasteiger partial charge is 0.398 e. The van der Waals surface area contributed by atoms with Crippen molar-refractivity contribution in [1.29, 1.82) is 0 Å². The number of rotatable bonds is 3. The van der Waals surface area contributed by atoms with Crippen LogP contribution in [0.3, 0.4) is 0 Å². The monoisotopic (exact) mass is 260 g/mol. The van der Waals surface area contributed by atoms with Crippen LogP contribution < -0.4 is 5.73 Å². The van der Waals surface area contributed by atoms with Gasteiger partial charge in [-0.2, -0.15) is 0 Å². The smallest absolute Gasteiger partial charge is 0.229 e. The fourth-order valence-electron chi connectivity index (χ4n) is 2.52. The van der Waals surface area contributed by atoms with Crippen molar-refractivity contribution in [3.05, 3.63) is 29.8 Å². The highest BCUT2D eigenvalue weighted by molar-refractivity contribution is 5.98. The molecule has 1 aromatic rings. The van der Waals surface area contributed by atoms with Gasteiger partial charge in [0.1, 0.15) is 0 Å². The van der Waals surface area contributed by atoms with Crippen LogP contribution in [-0.2, 0) is 9.59 Å². The molecule has 0 saturated carbocycles. The minimum Gasteiger partial charge on any atom is -0.398 e. The van der Waals surface area contributed by atoms with Gasteiger partial charge in [0.05, 0.1) is 0 Å². The van der Waals surface area contributed by atoms with Crippen molar-refractivity contribution < 1.29 is 9.59 Å². The summed E-state index contributed by atoms with van der Waals surface area (Å²) in [6.07, 6.45) is 0.735. The van der Waals surface area contributed by atoms with Gasteiger partial charge in [-0.3, -0.25) is 14.5 Å². The van der Waals surface area contributed by atoms with Crippen molar-refractivity contribution in [2.75, 3.05) is 12.3 Å². The van der Waals surface area contributed by atoms with Crippen molar-refractivity contribution in [2.24, 2.45) is 5.92 Å². The molecular weight excluding hydrogens is 240 g/mol. The molecule has 2 N–H and O–H groups in total. The third kappa shape index (κ3) is 2.95. The summed E-state index contributed by atoms with van der Waals surface area (Å²) in [5.74, 6) is 0.0484. The quantitative estimate of drug-likeness (QED) is 0.669. The summed E-state index contributed by atoms with van der Waals surface area (Å²) in [4.78, 5) is 25.6. The Morgan fingerprint density at radius 3 is 2.32 bits per heavy atom. The summed E-state index contributed by atoms with van der Waals surface area (Å²) in [7, 11) is 0. The number of para-hydroxylation sites is 1. The maximum atomic E-state index is 12.1. The Bertz CT molecular complexity index is 479. The molecule has 1 heterocycles. The van der Waals surface area contributed by atoms with Gasteiger partial charge in [-0.1, -0.05) is 32.0 Å². The summed E-state index contributed by atoms with van der Waals surface area (Å²) in [5, 5.41) is 0. The van der Waals surface area contributed by atoms with Crippen LogP contribution >= 0.6 is 0 Å². The second-order valence-electron chi connectivity index (χ2n) is 5.53. The molecule has 0 bridgehead atoms. The molecule has 0 spiro atoms. The number of nitrogen functional groups attached to an aromatic ring is 1. The Balaban J connectivity index is 2.16. The summed E-state index contributed by atoms with van der Waals surface area (Å²) in [5.41, 5.74) is 7.49. The molecule has 1 saturated heterocycles. The number of imide groups is 1. The van der Waals surface area contributed by atoms with E-state index in [9.17, 15) is 9.59 Å². The molecule has 0 atom stereocenters. The maximum absolute atomic E-state index is 12.1. The Morgan fingerprint density at radius 2 is 1.79 bits per heavy atom. The molecule has 102 valence electrons. The van der Waals surface area contributed by atoms with Crippen molar-refractivity contribution in [3.63, 3.8) is 0 Å². The first-order chi connectivity index (χ1) is 8.99. The molecule has 2 rings (SSSR count). The molecule has 19 heavy (non-hydrogen) atoms. The van der Waals surface area contributed by atoms with E-state index in [1.165, 1.54) is 4.90 Å². The summed E-state index contributed by atoms with van der Waals surface area (Å²) >= 11 is 0. The van der Waals surface area contributed by atoms with Crippen LogP contribution in [0.25, 0.3) is 0 Å². The van der Waals surface area contributed by atoms with Gasteiger partial charge in [0.15, 0.2) is 0 Å². The molecule has 0 aliphatic carbocycles. The number of hydrogen-bond acceptors (Lipinski definition) is 3. The molecule has 2 amide bonds. The lowest BCUT2D eigenvalue weighted by Gasteiger charge is -2.31. The minimum absolute atomic E-state index is 0.0791. The Kier molecular flexibility index (Phi) is 3.88. The first kappa shape index (κ1) is 13.6. The second-order valence-corrected chi connectivity index (χ2v) is 5.53. The third-order valence-electron chi connectivity index (χ3n) is 3.43. The van der Waals surface area contributed by atoms with E-state index in [0.717, 1.165) is 5.56 Å². The van der Waals surface area contributed by atoms with Crippen LogP contribution in [0, 0.1) is 5.92 Å². The van der Waals surface area contributed by atoms with E-state index >= 15 is 0 Å². The predicted molar refractivity (Wildman–Crippen MR) is 74.4 cm³/mol. The molecule has 1 aliphatic heterocycles. The molecule has 1 fully saturated rings. The lowest BCUT2D eigenvalue weighted by Crippen LogP contribution is -2.44. The van der Waals surface area contributed by atoms with Gasteiger partial charge in [0.2, 0.25) is 11.8 Å². The summed E-state index contributed by atoms with van der Waals surface area (Å²) in [6, 6.07) is 7.46. The zero-order valence-corrected chi connectivity index (χ0v) is 11.4. The molecule has 1 aromatic carbocycles. The number of carbonyl (C=O) groups is 2. The SMILES string of the molecule is CC(C)CN1C(=O)CC(c2ccccc2N)CC1=O. The number of benzene rings is 1. The van der Waals surface area contributed by atoms with E-state index in [1.807, 2.05) is 38.1 Å². The van der Waals surface area contributed by atoms with Gasteiger partial charge >= 0.3 is 0 Å². The number of likely N-dealkylation sites (tertiary alicyclic amines) is 1. The van der Waals surface area contributed by atoms with E-state index in [2.05, 4.69) is 0 Å². The highest BCUT2D eigenvalue weighted by Gasteiger charge is 2.33. The topological polar surface area (TPSA) is 63.4 Å². The van der Waals surface area contributed by atoms with E-state index in [1.54, 1.807) is 0 Å². The Hall–Kier alpha value is -1.84. The van der Waals surface area contributed by atoms with E-state index in [4.69, 9.17) is 5.73 Å². The maximum Gasteiger partial charge on any atom is 0.229 e. The fraction of sp³-hybridized carbons (Fsp3) is 0.467. The number of anilines is 1. The number of hydrogen-bond donors (Lipinski definition) is 1. The number of amides is 2. The molecule has 0 unspecified atom stereocenters. The van der Waals surface area contributed by atoms with Gasteiger partial charge in [-0.15, -0.1) is 0 Å². The molecule has 1 aliphatic rings. The molecule has 0 aromatic heterocycles. The van der Waals surface area contributed by atoms with Gasteiger partial charge in [0.25, 0.3) is 0 Å². The number of nitrogens with zero attached hydrogens (tertiary/aromatic N) is 1. The predicted octanol–water partition coefficient (Wildman–Crippen LogP) is 2.16. The van der Waals surface area contributed by atoms with Gasteiger partial charge in [-0.25, -0.2) is 0 Å². The van der Waals surface area contributed by atoms with Crippen molar-refractivity contribution in [3.8, 4) is 0 Å². The first-order valence-corrected chi connectivity index (χ1v) is 6.66. The lowest BCUT2D eigenvalue weighted by molar-refractivity contribution is -0.149. The van der Waals surface area contributed by atoms with E-state index in [0.29, 0.717) is 31.0 Å². The zero-order valence-electron chi connectivity index (χ0n) is 11.4. The molecular formula is C15H20N2O2. The van der Waals surface area contributed by atoms with Crippen molar-refractivity contribution in [1.82, 2.24) is 4.90 Å². The van der Waals surface area contributed by atoms with Crippen LogP contribution in [-0.4, -0.2) is 23.3 Å². The lowest BCUT2D eigenvalue weighted by atomic mass is 9.87. The molecule has 4 heteroatoms. The normalized spacial score (nSPS) is 17.3. The number of nitrogens with two attached hydrogens (primary N) is 1. The standard InChI is InChI=1S/C15H20N2O2/c1-10(2)9-17-14(18)7-11(8-15(17)19)12-5-3-4-6-13(12)16/h3-6,10-11H,7-9,16H2,1-2H3. The Morgan fingerprint density at radius 1 is 1.21 bits per heavy atom. The average molecular weight is 260 g/mol. The van der Waals surface area contributed by atoms with Gasteiger partial charge < -0.3 is 5.73 Å². The van der Waals surface area contributed by atoms with Gasteiger partial charge in [-0.05, 0) is 17.5 Å². The number of carbonyl (C=O) groups excluding carboxylic acids is 2. The minimum atomic E-state index is -0.0850. The summed E-state index contributed by atoms with van der Waals surface area (Å²) < 4.78 is 0. The highest BCUT2D eigenvalue weighted by atomic mass is 16.2. The highest BCUT2D eigenvalue weighted by Crippen LogP contribution is 2.32. The van der Waals surface area contributed by atoms with Crippen molar-refractivity contribution in [2.45, 2.75) is 32.6 Å². The number of piperidine rings is 1. The van der Waals surface area contributed by atoms with Crippen LogP contribution in [0.1, 0.15) is 38.2 Å². The van der Waals surface area contributed by atoms with Crippen LogP contribution in [0.15, 0.2) is 24.3 Å². The average Bonchev–Trinajstić information content (AvgIpc) is 2.34. The van der Waals surface area contributed by atoms with Crippen LogP contribution in [0.2, 0.25) is 0 Å².